The van der Waals surface area contributed by atoms with Gasteiger partial charge >= 0.3 is 0 Å². The van der Waals surface area contributed by atoms with Crippen molar-refractivity contribution < 1.29 is 10.4 Å². The lowest BCUT2D eigenvalue weighted by Crippen LogP contribution is -2.91. The van der Waals surface area contributed by atoms with Gasteiger partial charge in [0.05, 0.1) is 5.92 Å². The van der Waals surface area contributed by atoms with Crippen molar-refractivity contribution in [1.82, 2.24) is 0 Å². The summed E-state index contributed by atoms with van der Waals surface area (Å²) < 4.78 is 0. The van der Waals surface area contributed by atoms with Gasteiger partial charge in [-0.15, -0.1) is 0 Å². The molecule has 3 aromatic carbocycles. The lowest BCUT2D eigenvalue weighted by molar-refractivity contribution is -0.755. The highest BCUT2D eigenvalue weighted by Gasteiger charge is 2.50. The van der Waals surface area contributed by atoms with Crippen LogP contribution in [0.15, 0.2) is 91.0 Å². The first kappa shape index (κ1) is 20.4. The van der Waals surface area contributed by atoms with E-state index in [1.54, 1.807) is 0 Å². The summed E-state index contributed by atoms with van der Waals surface area (Å²) in [6.45, 7) is 2.19. The zero-order chi connectivity index (χ0) is 20.8. The zero-order valence-corrected chi connectivity index (χ0v) is 17.5. The second-order valence-electron chi connectivity index (χ2n) is 8.29. The number of nitrogens with two attached hydrogens (primary N) is 1. The molecule has 1 fully saturated rings. The van der Waals surface area contributed by atoms with Gasteiger partial charge in [-0.3, -0.25) is 0 Å². The molecule has 152 valence electrons. The molecule has 1 saturated heterocycles. The van der Waals surface area contributed by atoms with Crippen molar-refractivity contribution in [1.29, 1.82) is 0 Å². The highest BCUT2D eigenvalue weighted by molar-refractivity contribution is 5.37. The Morgan fingerprint density at radius 2 is 1.43 bits per heavy atom. The molecule has 0 amide bonds. The van der Waals surface area contributed by atoms with E-state index in [1.165, 1.54) is 11.1 Å². The molecule has 3 aromatic rings. The van der Waals surface area contributed by atoms with Gasteiger partial charge in [0.1, 0.15) is 17.7 Å². The van der Waals surface area contributed by atoms with Gasteiger partial charge in [0.15, 0.2) is 0 Å². The smallest absolute Gasteiger partial charge is 0.140 e. The maximum Gasteiger partial charge on any atom is 0.140 e. The maximum atomic E-state index is 12.0. The minimum absolute atomic E-state index is 0.0704. The first-order chi connectivity index (χ1) is 14.7. The van der Waals surface area contributed by atoms with Crippen LogP contribution >= 0.6 is 0 Å². The Labute approximate surface area is 180 Å². The van der Waals surface area contributed by atoms with E-state index < -0.39 is 5.60 Å². The molecule has 1 aliphatic heterocycles. The molecule has 0 aliphatic carbocycles. The van der Waals surface area contributed by atoms with E-state index in [9.17, 15) is 5.11 Å². The van der Waals surface area contributed by atoms with Crippen LogP contribution in [0, 0.1) is 17.8 Å². The third-order valence-electron chi connectivity index (χ3n) is 6.23. The number of quaternary nitrogens is 1. The number of hydrogen-bond donors (Lipinski definition) is 2. The van der Waals surface area contributed by atoms with Crippen molar-refractivity contribution in [3.8, 4) is 11.8 Å². The minimum atomic E-state index is -1.04. The van der Waals surface area contributed by atoms with Crippen LogP contribution < -0.4 is 5.32 Å². The van der Waals surface area contributed by atoms with Crippen LogP contribution in [0.4, 0.5) is 0 Å². The molecule has 0 saturated carbocycles. The summed E-state index contributed by atoms with van der Waals surface area (Å²) in [7, 11) is 0. The van der Waals surface area contributed by atoms with Crippen molar-refractivity contribution in [2.24, 2.45) is 5.92 Å². The molecule has 4 rings (SSSR count). The van der Waals surface area contributed by atoms with Gasteiger partial charge in [0.2, 0.25) is 0 Å². The molecule has 0 aromatic heterocycles. The Morgan fingerprint density at radius 1 is 0.867 bits per heavy atom. The SMILES string of the molecule is CCC[C@H]1[C@@H](c2ccccc2)[NH2+][C@H](c2ccccc2)C[C@]1(O)C#Cc1ccccc1. The molecule has 30 heavy (non-hydrogen) atoms. The largest absolute Gasteiger partial charge is 0.377 e. The lowest BCUT2D eigenvalue weighted by Gasteiger charge is -2.43. The minimum Gasteiger partial charge on any atom is -0.377 e. The standard InChI is InChI=1S/C28H29NO/c1-2-12-25-27(24-17-10-5-11-18-24)29-26(23-15-8-4-9-16-23)21-28(25,30)20-19-22-13-6-3-7-14-22/h3-11,13-18,25-27,29-30H,2,12,21H2,1H3/p+1/t25-,26-,27+,28+/m0/s1. The van der Waals surface area contributed by atoms with Crippen LogP contribution in [0.5, 0.6) is 0 Å². The average Bonchev–Trinajstić information content (AvgIpc) is 2.81. The van der Waals surface area contributed by atoms with Crippen molar-refractivity contribution >= 4 is 0 Å². The topological polar surface area (TPSA) is 36.8 Å². The third kappa shape index (κ3) is 4.49. The van der Waals surface area contributed by atoms with E-state index in [0.717, 1.165) is 18.4 Å². The Kier molecular flexibility index (Phi) is 6.33. The second-order valence-corrected chi connectivity index (χ2v) is 8.29. The Hall–Kier alpha value is -2.86. The summed E-state index contributed by atoms with van der Waals surface area (Å²) >= 11 is 0. The molecule has 2 heteroatoms. The summed E-state index contributed by atoms with van der Waals surface area (Å²) in [5.41, 5.74) is 2.41. The third-order valence-corrected chi connectivity index (χ3v) is 6.23. The molecule has 1 aliphatic rings. The van der Waals surface area contributed by atoms with E-state index in [2.05, 4.69) is 78.7 Å². The Morgan fingerprint density at radius 3 is 2.03 bits per heavy atom. The van der Waals surface area contributed by atoms with Gasteiger partial charge in [-0.2, -0.15) is 0 Å². The van der Waals surface area contributed by atoms with Crippen LogP contribution in [0.3, 0.4) is 0 Å². The van der Waals surface area contributed by atoms with Crippen molar-refractivity contribution in [2.75, 3.05) is 0 Å². The summed E-state index contributed by atoms with van der Waals surface area (Å²) in [6, 6.07) is 31.4. The van der Waals surface area contributed by atoms with Crippen LogP contribution in [0.25, 0.3) is 0 Å². The maximum absolute atomic E-state index is 12.0. The highest BCUT2D eigenvalue weighted by atomic mass is 16.3. The average molecular weight is 397 g/mol. The molecule has 0 radical (unpaired) electrons. The molecule has 4 atom stereocenters. The van der Waals surface area contributed by atoms with Gasteiger partial charge < -0.3 is 10.4 Å². The zero-order valence-electron chi connectivity index (χ0n) is 17.5. The predicted octanol–water partition coefficient (Wildman–Crippen LogP) is 4.64. The molecular formula is C28H30NO+. The molecule has 1 heterocycles. The van der Waals surface area contributed by atoms with Crippen LogP contribution in [0.1, 0.15) is 55.0 Å². The van der Waals surface area contributed by atoms with Gasteiger partial charge in [0.25, 0.3) is 0 Å². The molecule has 0 spiro atoms. The van der Waals surface area contributed by atoms with E-state index in [4.69, 9.17) is 0 Å². The van der Waals surface area contributed by atoms with Gasteiger partial charge in [-0.05, 0) is 18.6 Å². The van der Waals surface area contributed by atoms with Crippen molar-refractivity contribution in [2.45, 2.75) is 43.9 Å². The number of aliphatic hydroxyl groups is 1. The van der Waals surface area contributed by atoms with Crippen LogP contribution in [-0.4, -0.2) is 10.7 Å². The van der Waals surface area contributed by atoms with Gasteiger partial charge in [0, 0.05) is 23.1 Å². The molecule has 2 nitrogen and oxygen atoms in total. The highest BCUT2D eigenvalue weighted by Crippen LogP contribution is 2.41. The quantitative estimate of drug-likeness (QED) is 0.620. The van der Waals surface area contributed by atoms with Crippen LogP contribution in [0.2, 0.25) is 0 Å². The van der Waals surface area contributed by atoms with Crippen LogP contribution in [-0.2, 0) is 0 Å². The van der Waals surface area contributed by atoms with Gasteiger partial charge in [-0.25, -0.2) is 0 Å². The van der Waals surface area contributed by atoms with E-state index in [1.807, 2.05) is 36.4 Å². The number of benzene rings is 3. The Bertz CT molecular complexity index is 990. The summed E-state index contributed by atoms with van der Waals surface area (Å²) in [5, 5.41) is 14.4. The number of piperidine rings is 1. The fourth-order valence-electron chi connectivity index (χ4n) is 4.76. The monoisotopic (exact) mass is 396 g/mol. The summed E-state index contributed by atoms with van der Waals surface area (Å²) in [5.74, 6) is 6.68. The van der Waals surface area contributed by atoms with E-state index in [-0.39, 0.29) is 18.0 Å². The number of rotatable bonds is 4. The molecule has 0 unspecified atom stereocenters. The number of hydrogen-bond acceptors (Lipinski definition) is 1. The molecular weight excluding hydrogens is 366 g/mol. The first-order valence-corrected chi connectivity index (χ1v) is 10.9. The van der Waals surface area contributed by atoms with E-state index >= 15 is 0 Å². The summed E-state index contributed by atoms with van der Waals surface area (Å²) in [6.07, 6.45) is 2.59. The summed E-state index contributed by atoms with van der Waals surface area (Å²) in [4.78, 5) is 0. The normalized spacial score (nSPS) is 25.9. The predicted molar refractivity (Wildman–Crippen MR) is 122 cm³/mol. The van der Waals surface area contributed by atoms with Gasteiger partial charge in [-0.1, -0.05) is 104 Å². The molecule has 0 bridgehead atoms. The fraction of sp³-hybridized carbons (Fsp3) is 0.286. The van der Waals surface area contributed by atoms with Crippen molar-refractivity contribution in [3.63, 3.8) is 0 Å². The van der Waals surface area contributed by atoms with E-state index in [0.29, 0.717) is 6.42 Å². The lowest BCUT2D eigenvalue weighted by atomic mass is 9.69. The van der Waals surface area contributed by atoms with Crippen molar-refractivity contribution in [3.05, 3.63) is 108 Å². The fourth-order valence-corrected chi connectivity index (χ4v) is 4.76. The second kappa shape index (κ2) is 9.30. The molecule has 3 N–H and O–H groups in total. The first-order valence-electron chi connectivity index (χ1n) is 10.9. The Balaban J connectivity index is 1.77.